The largest absolute Gasteiger partial charge is 0.359 e. The second kappa shape index (κ2) is 8.01. The molecular formula is C20H22N4OS. The minimum absolute atomic E-state index is 0.309. The van der Waals surface area contributed by atoms with Crippen LogP contribution in [0.25, 0.3) is 0 Å². The summed E-state index contributed by atoms with van der Waals surface area (Å²) in [5, 5.41) is 4.85. The van der Waals surface area contributed by atoms with Crippen LogP contribution in [0.1, 0.15) is 41.5 Å². The summed E-state index contributed by atoms with van der Waals surface area (Å²) in [6.07, 6.45) is 6.18. The predicted octanol–water partition coefficient (Wildman–Crippen LogP) is 4.40. The average Bonchev–Trinajstić information content (AvgIpc) is 3.31. The molecule has 3 aromatic rings. The molecule has 26 heavy (non-hydrogen) atoms. The molecule has 134 valence electrons. The third-order valence-corrected chi connectivity index (χ3v) is 5.56. The molecule has 3 heterocycles. The van der Waals surface area contributed by atoms with E-state index in [4.69, 9.17) is 4.52 Å². The Kier molecular flexibility index (Phi) is 5.32. The monoisotopic (exact) mass is 366 g/mol. The highest BCUT2D eigenvalue weighted by Gasteiger charge is 2.29. The van der Waals surface area contributed by atoms with Crippen molar-refractivity contribution in [2.75, 3.05) is 6.54 Å². The Balaban J connectivity index is 1.36. The van der Waals surface area contributed by atoms with E-state index in [0.29, 0.717) is 6.04 Å². The van der Waals surface area contributed by atoms with Crippen LogP contribution in [0, 0.1) is 6.92 Å². The molecule has 6 heteroatoms. The lowest BCUT2D eigenvalue weighted by Gasteiger charge is -2.21. The maximum atomic E-state index is 5.48. The van der Waals surface area contributed by atoms with Gasteiger partial charge in [0.25, 0.3) is 0 Å². The van der Waals surface area contributed by atoms with Crippen LogP contribution in [0.2, 0.25) is 0 Å². The summed E-state index contributed by atoms with van der Waals surface area (Å²) in [6, 6.07) is 12.8. The molecule has 2 aromatic heterocycles. The van der Waals surface area contributed by atoms with Crippen LogP contribution in [0.3, 0.4) is 0 Å². The van der Waals surface area contributed by atoms with E-state index in [0.717, 1.165) is 47.4 Å². The molecule has 0 unspecified atom stereocenters. The van der Waals surface area contributed by atoms with E-state index in [2.05, 4.69) is 44.3 Å². The maximum Gasteiger partial charge on any atom is 0.187 e. The summed E-state index contributed by atoms with van der Waals surface area (Å²) < 4.78 is 5.48. The van der Waals surface area contributed by atoms with E-state index >= 15 is 0 Å². The van der Waals surface area contributed by atoms with Gasteiger partial charge in [-0.1, -0.05) is 47.3 Å². The van der Waals surface area contributed by atoms with Crippen LogP contribution < -0.4 is 0 Å². The second-order valence-electron chi connectivity index (χ2n) is 6.65. The van der Waals surface area contributed by atoms with Crippen LogP contribution in [-0.2, 0) is 12.3 Å². The van der Waals surface area contributed by atoms with Crippen LogP contribution in [0.4, 0.5) is 0 Å². The number of hydrogen-bond donors (Lipinski definition) is 0. The molecule has 1 fully saturated rings. The van der Waals surface area contributed by atoms with Crippen LogP contribution >= 0.6 is 11.8 Å². The Morgan fingerprint density at radius 3 is 2.69 bits per heavy atom. The van der Waals surface area contributed by atoms with Gasteiger partial charge in [0.15, 0.2) is 10.9 Å². The quantitative estimate of drug-likeness (QED) is 0.476. The van der Waals surface area contributed by atoms with Gasteiger partial charge in [-0.15, -0.1) is 0 Å². The molecule has 0 saturated carbocycles. The van der Waals surface area contributed by atoms with Gasteiger partial charge < -0.3 is 4.52 Å². The highest BCUT2D eigenvalue weighted by Crippen LogP contribution is 2.33. The lowest BCUT2D eigenvalue weighted by Crippen LogP contribution is -2.22. The first kappa shape index (κ1) is 17.2. The third kappa shape index (κ3) is 4.14. The number of aryl methyl sites for hydroxylation is 1. The van der Waals surface area contributed by atoms with Gasteiger partial charge in [-0.05, 0) is 31.9 Å². The minimum atomic E-state index is 0.309. The summed E-state index contributed by atoms with van der Waals surface area (Å²) in [7, 11) is 0. The first-order valence-electron chi connectivity index (χ1n) is 8.93. The van der Waals surface area contributed by atoms with E-state index in [-0.39, 0.29) is 0 Å². The van der Waals surface area contributed by atoms with Crippen molar-refractivity contribution in [2.45, 2.75) is 43.3 Å². The van der Waals surface area contributed by atoms with Gasteiger partial charge >= 0.3 is 0 Å². The van der Waals surface area contributed by atoms with Gasteiger partial charge in [-0.25, -0.2) is 9.97 Å². The Hall–Kier alpha value is -2.18. The Morgan fingerprint density at radius 2 is 1.96 bits per heavy atom. The van der Waals surface area contributed by atoms with Gasteiger partial charge in [0.2, 0.25) is 0 Å². The van der Waals surface area contributed by atoms with E-state index < -0.39 is 0 Å². The SMILES string of the molecule is Cc1cc([C@@H]2CCCN2Cc2cnc(SCc3ccccc3)nc2)on1. The minimum Gasteiger partial charge on any atom is -0.359 e. The topological polar surface area (TPSA) is 55.1 Å². The standard InChI is InChI=1S/C20H22N4OS/c1-15-10-19(25-23-15)18-8-5-9-24(18)13-17-11-21-20(22-12-17)26-14-16-6-3-2-4-7-16/h2-4,6-7,10-12,18H,5,8-9,13-14H2,1H3/t18-/m0/s1. The van der Waals surface area contributed by atoms with Gasteiger partial charge in [-0.3, -0.25) is 4.90 Å². The molecule has 1 saturated heterocycles. The molecule has 1 aliphatic heterocycles. The van der Waals surface area contributed by atoms with E-state index in [1.54, 1.807) is 11.8 Å². The predicted molar refractivity (Wildman–Crippen MR) is 102 cm³/mol. The summed E-state index contributed by atoms with van der Waals surface area (Å²) in [5.74, 6) is 1.86. The summed E-state index contributed by atoms with van der Waals surface area (Å²) in [5.41, 5.74) is 3.36. The number of hydrogen-bond acceptors (Lipinski definition) is 6. The Morgan fingerprint density at radius 1 is 1.15 bits per heavy atom. The zero-order valence-corrected chi connectivity index (χ0v) is 15.7. The van der Waals surface area contributed by atoms with Crippen molar-refractivity contribution in [3.63, 3.8) is 0 Å². The van der Waals surface area contributed by atoms with Gasteiger partial charge in [0, 0.05) is 36.3 Å². The normalized spacial score (nSPS) is 17.7. The number of likely N-dealkylation sites (tertiary alicyclic amines) is 1. The molecular weight excluding hydrogens is 344 g/mol. The summed E-state index contributed by atoms with van der Waals surface area (Å²) in [6.45, 7) is 3.87. The molecule has 0 amide bonds. The fourth-order valence-corrected chi connectivity index (χ4v) is 4.08. The fraction of sp³-hybridized carbons (Fsp3) is 0.350. The summed E-state index contributed by atoms with van der Waals surface area (Å²) in [4.78, 5) is 11.5. The van der Waals surface area contributed by atoms with Crippen LogP contribution in [0.5, 0.6) is 0 Å². The van der Waals surface area contributed by atoms with Crippen molar-refractivity contribution in [3.05, 3.63) is 71.4 Å². The number of thioether (sulfide) groups is 1. The smallest absolute Gasteiger partial charge is 0.187 e. The number of rotatable bonds is 6. The van der Waals surface area contributed by atoms with Gasteiger partial charge in [0.1, 0.15) is 0 Å². The van der Waals surface area contributed by atoms with E-state index in [1.807, 2.05) is 31.5 Å². The third-order valence-electron chi connectivity index (χ3n) is 4.62. The van der Waals surface area contributed by atoms with Crippen LogP contribution in [-0.4, -0.2) is 26.6 Å². The summed E-state index contributed by atoms with van der Waals surface area (Å²) >= 11 is 1.67. The van der Waals surface area contributed by atoms with Crippen molar-refractivity contribution in [3.8, 4) is 0 Å². The van der Waals surface area contributed by atoms with Crippen molar-refractivity contribution in [1.29, 1.82) is 0 Å². The Labute approximate surface area is 157 Å². The van der Waals surface area contributed by atoms with Crippen molar-refractivity contribution < 1.29 is 4.52 Å². The van der Waals surface area contributed by atoms with Crippen molar-refractivity contribution in [2.24, 2.45) is 0 Å². The second-order valence-corrected chi connectivity index (χ2v) is 7.59. The fourth-order valence-electron chi connectivity index (χ4n) is 3.33. The van der Waals surface area contributed by atoms with Crippen molar-refractivity contribution >= 4 is 11.8 Å². The highest BCUT2D eigenvalue weighted by molar-refractivity contribution is 7.98. The molecule has 0 bridgehead atoms. The molecule has 1 aliphatic rings. The lowest BCUT2D eigenvalue weighted by atomic mass is 10.1. The lowest BCUT2D eigenvalue weighted by molar-refractivity contribution is 0.206. The number of aromatic nitrogens is 3. The highest BCUT2D eigenvalue weighted by atomic mass is 32.2. The molecule has 4 rings (SSSR count). The molecule has 0 N–H and O–H groups in total. The maximum absolute atomic E-state index is 5.48. The van der Waals surface area contributed by atoms with E-state index in [1.165, 1.54) is 12.0 Å². The van der Waals surface area contributed by atoms with Gasteiger partial charge in [0.05, 0.1) is 11.7 Å². The van der Waals surface area contributed by atoms with Crippen LogP contribution in [0.15, 0.2) is 58.5 Å². The first-order valence-corrected chi connectivity index (χ1v) is 9.91. The molecule has 1 aromatic carbocycles. The Bertz CT molecular complexity index is 835. The molecule has 5 nitrogen and oxygen atoms in total. The number of nitrogens with zero attached hydrogens (tertiary/aromatic N) is 4. The average molecular weight is 366 g/mol. The first-order chi connectivity index (χ1) is 12.8. The number of benzene rings is 1. The molecule has 0 spiro atoms. The van der Waals surface area contributed by atoms with E-state index in [9.17, 15) is 0 Å². The zero-order valence-electron chi connectivity index (χ0n) is 14.8. The van der Waals surface area contributed by atoms with Gasteiger partial charge in [-0.2, -0.15) is 0 Å². The van der Waals surface area contributed by atoms with Crippen molar-refractivity contribution in [1.82, 2.24) is 20.0 Å². The molecule has 0 aliphatic carbocycles. The zero-order chi connectivity index (χ0) is 17.8. The molecule has 1 atom stereocenters. The molecule has 0 radical (unpaired) electrons.